The third-order valence-electron chi connectivity index (χ3n) is 6.95. The highest BCUT2D eigenvalue weighted by Crippen LogP contribution is 2.27. The number of nitrogens with zero attached hydrogens (tertiary/aromatic N) is 6. The van der Waals surface area contributed by atoms with E-state index in [0.29, 0.717) is 60.3 Å². The molecule has 2 N–H and O–H groups in total. The molecule has 5 aromatic rings. The summed E-state index contributed by atoms with van der Waals surface area (Å²) in [5.74, 6) is 1.08. The maximum atomic E-state index is 12.9. The maximum absolute atomic E-state index is 12.9. The molecule has 0 unspecified atom stereocenters. The predicted octanol–water partition coefficient (Wildman–Crippen LogP) is 4.33. The van der Waals surface area contributed by atoms with Crippen LogP contribution < -0.4 is 15.5 Å². The average molecular weight is 563 g/mol. The van der Waals surface area contributed by atoms with Crippen molar-refractivity contribution >= 4 is 40.5 Å². The number of morpholine rings is 1. The van der Waals surface area contributed by atoms with E-state index < -0.39 is 0 Å². The van der Waals surface area contributed by atoms with Crippen LogP contribution in [0.4, 0.5) is 23.0 Å². The van der Waals surface area contributed by atoms with Gasteiger partial charge in [-0.3, -0.25) is 9.59 Å². The second-order valence-electron chi connectivity index (χ2n) is 10.1. The molecule has 42 heavy (non-hydrogen) atoms. The smallest absolute Gasteiger partial charge is 0.257 e. The minimum absolute atomic E-state index is 0.00515. The predicted molar refractivity (Wildman–Crippen MR) is 161 cm³/mol. The highest BCUT2D eigenvalue weighted by atomic mass is 16.5. The minimum atomic E-state index is -0.249. The van der Waals surface area contributed by atoms with E-state index >= 15 is 0 Å². The second kappa shape index (κ2) is 11.7. The topological polar surface area (TPSA) is 117 Å². The Bertz CT molecular complexity index is 1730. The molecule has 0 spiro atoms. The van der Waals surface area contributed by atoms with Crippen LogP contribution in [0, 0.1) is 0 Å². The Hall–Kier alpha value is -5.29. The molecule has 11 heteroatoms. The lowest BCUT2D eigenvalue weighted by Gasteiger charge is -2.26. The summed E-state index contributed by atoms with van der Waals surface area (Å²) in [6, 6.07) is 18.4. The quantitative estimate of drug-likeness (QED) is 0.301. The van der Waals surface area contributed by atoms with E-state index in [2.05, 4.69) is 20.6 Å². The summed E-state index contributed by atoms with van der Waals surface area (Å²) < 4.78 is 7.25. The van der Waals surface area contributed by atoms with Gasteiger partial charge in [0.2, 0.25) is 0 Å². The molecule has 1 saturated heterocycles. The Morgan fingerprint density at radius 2 is 1.71 bits per heavy atom. The van der Waals surface area contributed by atoms with Crippen molar-refractivity contribution in [1.82, 2.24) is 24.3 Å². The molecule has 0 atom stereocenters. The number of amides is 2. The number of hydrogen-bond donors (Lipinski definition) is 2. The molecule has 1 aliphatic rings. The van der Waals surface area contributed by atoms with Gasteiger partial charge in [-0.25, -0.2) is 15.0 Å². The number of anilines is 4. The number of carbonyl (C=O) groups excluding carboxylic acids is 2. The largest absolute Gasteiger partial charge is 0.378 e. The van der Waals surface area contributed by atoms with Crippen LogP contribution in [-0.2, 0) is 4.74 Å². The van der Waals surface area contributed by atoms with Crippen LogP contribution in [0.1, 0.15) is 20.7 Å². The number of imidazole rings is 1. The van der Waals surface area contributed by atoms with Gasteiger partial charge in [0.1, 0.15) is 5.82 Å². The van der Waals surface area contributed by atoms with Crippen LogP contribution in [0.25, 0.3) is 16.9 Å². The van der Waals surface area contributed by atoms with Crippen molar-refractivity contribution in [3.05, 3.63) is 96.6 Å². The van der Waals surface area contributed by atoms with Crippen molar-refractivity contribution in [2.24, 2.45) is 0 Å². The number of fused-ring (bicyclic) bond motifs is 1. The Morgan fingerprint density at radius 1 is 0.929 bits per heavy atom. The molecule has 212 valence electrons. The molecule has 0 radical (unpaired) electrons. The zero-order valence-corrected chi connectivity index (χ0v) is 23.3. The molecule has 1 aliphatic heterocycles. The van der Waals surface area contributed by atoms with Gasteiger partial charge >= 0.3 is 0 Å². The Morgan fingerprint density at radius 3 is 2.45 bits per heavy atom. The highest BCUT2D eigenvalue weighted by Gasteiger charge is 2.18. The Labute approximate surface area is 242 Å². The standard InChI is InChI=1S/C31H30N8O3/c1-37(2)27-11-8-23(19-33-27)30(40)35-25-5-3-4-22(18-25)26-20-39-13-12-32-29(39)28(36-26)34-24-9-6-21(7-10-24)31(41)38-14-16-42-17-15-38/h3-13,18-20H,14-17H2,1-2H3,(H,34,36)(H,35,40). The zero-order valence-electron chi connectivity index (χ0n) is 23.3. The van der Waals surface area contributed by atoms with Gasteiger partial charge in [0.05, 0.1) is 24.5 Å². The average Bonchev–Trinajstić information content (AvgIpc) is 3.51. The number of pyridine rings is 1. The van der Waals surface area contributed by atoms with Gasteiger partial charge in [-0.2, -0.15) is 0 Å². The summed E-state index contributed by atoms with van der Waals surface area (Å²) in [5.41, 5.74) is 4.67. The van der Waals surface area contributed by atoms with Crippen molar-refractivity contribution in [3.63, 3.8) is 0 Å². The maximum Gasteiger partial charge on any atom is 0.257 e. The number of benzene rings is 2. The van der Waals surface area contributed by atoms with E-state index in [1.165, 1.54) is 0 Å². The third-order valence-corrected chi connectivity index (χ3v) is 6.95. The van der Waals surface area contributed by atoms with Crippen LogP contribution in [0.15, 0.2) is 85.5 Å². The number of nitrogens with one attached hydrogen (secondary N) is 2. The third kappa shape index (κ3) is 5.77. The Kier molecular flexibility index (Phi) is 7.48. The fourth-order valence-electron chi connectivity index (χ4n) is 4.68. The summed E-state index contributed by atoms with van der Waals surface area (Å²) in [6.07, 6.45) is 7.02. The summed E-state index contributed by atoms with van der Waals surface area (Å²) >= 11 is 0. The van der Waals surface area contributed by atoms with E-state index in [4.69, 9.17) is 9.72 Å². The van der Waals surface area contributed by atoms with E-state index in [-0.39, 0.29) is 11.8 Å². The van der Waals surface area contributed by atoms with E-state index in [9.17, 15) is 9.59 Å². The first kappa shape index (κ1) is 26.9. The molecule has 2 aromatic carbocycles. The van der Waals surface area contributed by atoms with Crippen LogP contribution >= 0.6 is 0 Å². The normalized spacial score (nSPS) is 13.1. The lowest BCUT2D eigenvalue weighted by atomic mass is 10.1. The Balaban J connectivity index is 1.21. The van der Waals surface area contributed by atoms with Gasteiger partial charge in [-0.15, -0.1) is 0 Å². The van der Waals surface area contributed by atoms with Crippen molar-refractivity contribution in [2.45, 2.75) is 0 Å². The molecule has 3 aromatic heterocycles. The molecule has 0 bridgehead atoms. The molecule has 0 aliphatic carbocycles. The monoisotopic (exact) mass is 562 g/mol. The first-order valence-electron chi connectivity index (χ1n) is 13.6. The highest BCUT2D eigenvalue weighted by molar-refractivity contribution is 6.04. The summed E-state index contributed by atoms with van der Waals surface area (Å²) in [5, 5.41) is 6.30. The van der Waals surface area contributed by atoms with Crippen LogP contribution in [0.2, 0.25) is 0 Å². The van der Waals surface area contributed by atoms with Crippen molar-refractivity contribution in [2.75, 3.05) is 55.9 Å². The van der Waals surface area contributed by atoms with Gasteiger partial charge in [0.25, 0.3) is 11.8 Å². The lowest BCUT2D eigenvalue weighted by molar-refractivity contribution is 0.0303. The number of aromatic nitrogens is 4. The first-order valence-corrected chi connectivity index (χ1v) is 13.6. The fraction of sp³-hybridized carbons (Fsp3) is 0.194. The molecule has 2 amide bonds. The summed E-state index contributed by atoms with van der Waals surface area (Å²) in [4.78, 5) is 43.0. The summed E-state index contributed by atoms with van der Waals surface area (Å²) in [6.45, 7) is 2.31. The molecule has 0 saturated carbocycles. The number of ether oxygens (including phenoxy) is 1. The number of hydrogen-bond acceptors (Lipinski definition) is 8. The molecule has 6 rings (SSSR count). The van der Waals surface area contributed by atoms with Gasteiger partial charge < -0.3 is 29.6 Å². The van der Waals surface area contributed by atoms with E-state index in [1.807, 2.05) is 84.3 Å². The van der Waals surface area contributed by atoms with Gasteiger partial charge in [0, 0.05) is 74.5 Å². The zero-order chi connectivity index (χ0) is 29.1. The minimum Gasteiger partial charge on any atom is -0.378 e. The molecule has 11 nitrogen and oxygen atoms in total. The molecule has 1 fully saturated rings. The van der Waals surface area contributed by atoms with Crippen LogP contribution in [-0.4, -0.2) is 76.5 Å². The van der Waals surface area contributed by atoms with E-state index in [1.54, 1.807) is 29.4 Å². The number of rotatable bonds is 7. The van der Waals surface area contributed by atoms with Gasteiger partial charge in [0.15, 0.2) is 11.5 Å². The first-order chi connectivity index (χ1) is 20.4. The van der Waals surface area contributed by atoms with Crippen LogP contribution in [0.5, 0.6) is 0 Å². The fourth-order valence-corrected chi connectivity index (χ4v) is 4.68. The van der Waals surface area contributed by atoms with Crippen LogP contribution in [0.3, 0.4) is 0 Å². The lowest BCUT2D eigenvalue weighted by Crippen LogP contribution is -2.40. The molecular weight excluding hydrogens is 532 g/mol. The van der Waals surface area contributed by atoms with Crippen molar-refractivity contribution in [3.8, 4) is 11.3 Å². The van der Waals surface area contributed by atoms with E-state index in [0.717, 1.165) is 17.1 Å². The number of carbonyl (C=O) groups is 2. The SMILES string of the molecule is CN(C)c1ccc(C(=O)Nc2cccc(-c3cn4ccnc4c(Nc4ccc(C(=O)N5CCOCC5)cc4)n3)c2)cn1. The van der Waals surface area contributed by atoms with Crippen molar-refractivity contribution in [1.29, 1.82) is 0 Å². The van der Waals surface area contributed by atoms with Gasteiger partial charge in [-0.05, 0) is 48.5 Å². The second-order valence-corrected chi connectivity index (χ2v) is 10.1. The molecule has 4 heterocycles. The van der Waals surface area contributed by atoms with Crippen molar-refractivity contribution < 1.29 is 14.3 Å². The van der Waals surface area contributed by atoms with Gasteiger partial charge in [-0.1, -0.05) is 12.1 Å². The molecular formula is C31H30N8O3. The summed E-state index contributed by atoms with van der Waals surface area (Å²) in [7, 11) is 3.80.